The standard InChI is InChI=1S/C14H13NO/c16-14-11-5-2-1-4-10(11)7-8-13-12(14)6-3-9-15-13/h1-6,9,14,16H,7-8H2. The van der Waals surface area contributed by atoms with Crippen LogP contribution in [0.25, 0.3) is 0 Å². The third-order valence-corrected chi connectivity index (χ3v) is 3.20. The molecule has 1 unspecified atom stereocenters. The monoisotopic (exact) mass is 211 g/mol. The Morgan fingerprint density at radius 3 is 2.75 bits per heavy atom. The van der Waals surface area contributed by atoms with Crippen molar-refractivity contribution < 1.29 is 5.11 Å². The van der Waals surface area contributed by atoms with Crippen LogP contribution in [-0.2, 0) is 12.8 Å². The number of aryl methyl sites for hydroxylation is 2. The Bertz CT molecular complexity index is 474. The summed E-state index contributed by atoms with van der Waals surface area (Å²) >= 11 is 0. The summed E-state index contributed by atoms with van der Waals surface area (Å²) in [5, 5.41) is 10.4. The molecule has 80 valence electrons. The molecule has 2 heteroatoms. The maximum absolute atomic E-state index is 10.4. The highest BCUT2D eigenvalue weighted by atomic mass is 16.3. The number of hydrogen-bond donors (Lipinski definition) is 1. The average Bonchev–Trinajstić information content (AvgIpc) is 2.49. The zero-order chi connectivity index (χ0) is 11.0. The number of aromatic nitrogens is 1. The summed E-state index contributed by atoms with van der Waals surface area (Å²) in [4.78, 5) is 4.35. The molecule has 0 fully saturated rings. The fourth-order valence-electron chi connectivity index (χ4n) is 2.36. The predicted octanol–water partition coefficient (Wildman–Crippen LogP) is 2.26. The Hall–Kier alpha value is -1.67. The van der Waals surface area contributed by atoms with E-state index in [9.17, 15) is 5.11 Å². The van der Waals surface area contributed by atoms with Gasteiger partial charge in [0.25, 0.3) is 0 Å². The number of aliphatic hydroxyl groups is 1. The minimum Gasteiger partial charge on any atom is -0.384 e. The van der Waals surface area contributed by atoms with E-state index in [-0.39, 0.29) is 0 Å². The molecule has 3 rings (SSSR count). The fourth-order valence-corrected chi connectivity index (χ4v) is 2.36. The third kappa shape index (κ3) is 1.42. The summed E-state index contributed by atoms with van der Waals surface area (Å²) in [6, 6.07) is 11.9. The molecule has 0 aliphatic heterocycles. The molecule has 1 aromatic heterocycles. The quantitative estimate of drug-likeness (QED) is 0.725. The second-order valence-corrected chi connectivity index (χ2v) is 4.14. The van der Waals surface area contributed by atoms with E-state index in [1.54, 1.807) is 6.20 Å². The number of aliphatic hydroxyl groups excluding tert-OH is 1. The number of benzene rings is 1. The molecular formula is C14H13NO. The van der Waals surface area contributed by atoms with Gasteiger partial charge in [-0.05, 0) is 30.0 Å². The van der Waals surface area contributed by atoms with Gasteiger partial charge < -0.3 is 5.11 Å². The van der Waals surface area contributed by atoms with Gasteiger partial charge in [-0.3, -0.25) is 4.98 Å². The van der Waals surface area contributed by atoms with Gasteiger partial charge in [-0.2, -0.15) is 0 Å². The lowest BCUT2D eigenvalue weighted by Crippen LogP contribution is -2.03. The van der Waals surface area contributed by atoms with Crippen molar-refractivity contribution >= 4 is 0 Å². The van der Waals surface area contributed by atoms with E-state index in [1.165, 1.54) is 5.56 Å². The van der Waals surface area contributed by atoms with Crippen LogP contribution in [0.3, 0.4) is 0 Å². The van der Waals surface area contributed by atoms with Crippen LogP contribution in [0.5, 0.6) is 0 Å². The molecule has 0 bridgehead atoms. The van der Waals surface area contributed by atoms with Crippen molar-refractivity contribution in [3.63, 3.8) is 0 Å². The van der Waals surface area contributed by atoms with E-state index in [1.807, 2.05) is 30.3 Å². The number of rotatable bonds is 0. The normalized spacial score (nSPS) is 18.4. The van der Waals surface area contributed by atoms with Crippen LogP contribution in [-0.4, -0.2) is 10.1 Å². The first kappa shape index (κ1) is 9.55. The van der Waals surface area contributed by atoms with Crippen molar-refractivity contribution in [2.24, 2.45) is 0 Å². The molecule has 0 saturated carbocycles. The van der Waals surface area contributed by atoms with Crippen LogP contribution >= 0.6 is 0 Å². The third-order valence-electron chi connectivity index (χ3n) is 3.20. The molecule has 1 N–H and O–H groups in total. The van der Waals surface area contributed by atoms with Gasteiger partial charge in [-0.1, -0.05) is 30.3 Å². The molecule has 0 spiro atoms. The summed E-state index contributed by atoms with van der Waals surface area (Å²) in [6.45, 7) is 0. The van der Waals surface area contributed by atoms with Gasteiger partial charge in [0.2, 0.25) is 0 Å². The highest BCUT2D eigenvalue weighted by molar-refractivity contribution is 5.40. The second-order valence-electron chi connectivity index (χ2n) is 4.14. The van der Waals surface area contributed by atoms with Crippen molar-refractivity contribution in [2.75, 3.05) is 0 Å². The fraction of sp³-hybridized carbons (Fsp3) is 0.214. The largest absolute Gasteiger partial charge is 0.384 e. The van der Waals surface area contributed by atoms with Crippen molar-refractivity contribution in [1.29, 1.82) is 0 Å². The van der Waals surface area contributed by atoms with Gasteiger partial charge in [0.15, 0.2) is 0 Å². The van der Waals surface area contributed by atoms with Crippen molar-refractivity contribution in [2.45, 2.75) is 18.9 Å². The summed E-state index contributed by atoms with van der Waals surface area (Å²) in [5.41, 5.74) is 4.22. The van der Waals surface area contributed by atoms with Crippen LogP contribution < -0.4 is 0 Å². The summed E-state index contributed by atoms with van der Waals surface area (Å²) in [6.07, 6.45) is 3.13. The highest BCUT2D eigenvalue weighted by Gasteiger charge is 2.21. The Morgan fingerprint density at radius 2 is 1.81 bits per heavy atom. The van der Waals surface area contributed by atoms with Crippen molar-refractivity contribution in [3.8, 4) is 0 Å². The smallest absolute Gasteiger partial charge is 0.106 e. The van der Waals surface area contributed by atoms with Gasteiger partial charge in [0, 0.05) is 17.5 Å². The van der Waals surface area contributed by atoms with Gasteiger partial charge in [-0.25, -0.2) is 0 Å². The molecule has 0 radical (unpaired) electrons. The molecule has 2 aromatic rings. The lowest BCUT2D eigenvalue weighted by atomic mass is 9.99. The number of pyridine rings is 1. The summed E-state index contributed by atoms with van der Waals surface area (Å²) in [7, 11) is 0. The molecule has 1 atom stereocenters. The molecule has 0 saturated heterocycles. The van der Waals surface area contributed by atoms with Gasteiger partial charge in [0.1, 0.15) is 6.10 Å². The van der Waals surface area contributed by atoms with E-state index in [2.05, 4.69) is 11.1 Å². The first-order valence-electron chi connectivity index (χ1n) is 5.56. The highest BCUT2D eigenvalue weighted by Crippen LogP contribution is 2.30. The maximum Gasteiger partial charge on any atom is 0.106 e. The van der Waals surface area contributed by atoms with Crippen LogP contribution in [0.15, 0.2) is 42.6 Å². The molecule has 1 heterocycles. The van der Waals surface area contributed by atoms with E-state index in [0.29, 0.717) is 0 Å². The van der Waals surface area contributed by atoms with E-state index in [0.717, 1.165) is 29.7 Å². The average molecular weight is 211 g/mol. The topological polar surface area (TPSA) is 33.1 Å². The van der Waals surface area contributed by atoms with Crippen molar-refractivity contribution in [1.82, 2.24) is 4.98 Å². The molecular weight excluding hydrogens is 198 g/mol. The summed E-state index contributed by atoms with van der Waals surface area (Å²) < 4.78 is 0. The second kappa shape index (κ2) is 3.72. The lowest BCUT2D eigenvalue weighted by Gasteiger charge is -2.13. The van der Waals surface area contributed by atoms with E-state index >= 15 is 0 Å². The Balaban J connectivity index is 2.18. The van der Waals surface area contributed by atoms with Crippen LogP contribution in [0.4, 0.5) is 0 Å². The predicted molar refractivity (Wildman–Crippen MR) is 62.1 cm³/mol. The van der Waals surface area contributed by atoms with Gasteiger partial charge in [-0.15, -0.1) is 0 Å². The maximum atomic E-state index is 10.4. The molecule has 1 aromatic carbocycles. The van der Waals surface area contributed by atoms with Gasteiger partial charge >= 0.3 is 0 Å². The minimum atomic E-state index is -0.526. The first-order valence-corrected chi connectivity index (χ1v) is 5.56. The van der Waals surface area contributed by atoms with E-state index < -0.39 is 6.10 Å². The number of nitrogens with zero attached hydrogens (tertiary/aromatic N) is 1. The molecule has 16 heavy (non-hydrogen) atoms. The van der Waals surface area contributed by atoms with Crippen LogP contribution in [0.2, 0.25) is 0 Å². The van der Waals surface area contributed by atoms with Crippen LogP contribution in [0.1, 0.15) is 28.5 Å². The Labute approximate surface area is 94.6 Å². The van der Waals surface area contributed by atoms with E-state index in [4.69, 9.17) is 0 Å². The lowest BCUT2D eigenvalue weighted by molar-refractivity contribution is 0.219. The Morgan fingerprint density at radius 1 is 1.00 bits per heavy atom. The minimum absolute atomic E-state index is 0.526. The van der Waals surface area contributed by atoms with Gasteiger partial charge in [0.05, 0.1) is 0 Å². The molecule has 2 nitrogen and oxygen atoms in total. The zero-order valence-electron chi connectivity index (χ0n) is 8.93. The summed E-state index contributed by atoms with van der Waals surface area (Å²) in [5.74, 6) is 0. The number of fused-ring (bicyclic) bond motifs is 2. The molecule has 0 amide bonds. The number of hydrogen-bond acceptors (Lipinski definition) is 2. The zero-order valence-corrected chi connectivity index (χ0v) is 8.93. The molecule has 1 aliphatic rings. The molecule has 1 aliphatic carbocycles. The Kier molecular flexibility index (Phi) is 2.22. The van der Waals surface area contributed by atoms with Crippen LogP contribution in [0, 0.1) is 0 Å². The van der Waals surface area contributed by atoms with Crippen molar-refractivity contribution in [3.05, 3.63) is 65.0 Å². The SMILES string of the molecule is OC1c2ccccc2CCc2ncccc21. The first-order chi connectivity index (χ1) is 7.86.